The molecule has 0 atom stereocenters. The van der Waals surface area contributed by atoms with Crippen molar-refractivity contribution < 1.29 is 4.74 Å². The zero-order chi connectivity index (χ0) is 8.10. The summed E-state index contributed by atoms with van der Waals surface area (Å²) in [6.07, 6.45) is 1.00. The number of ether oxygens (including phenoxy) is 1. The van der Waals surface area contributed by atoms with E-state index in [-0.39, 0.29) is 0 Å². The molecule has 1 aromatic carbocycles. The first kappa shape index (κ1) is 8.42. The number of methoxy groups -OCH3 is 1. The van der Waals surface area contributed by atoms with E-state index in [0.717, 1.165) is 17.5 Å². The number of alkyl halides is 1. The van der Waals surface area contributed by atoms with Gasteiger partial charge in [-0.2, -0.15) is 0 Å². The topological polar surface area (TPSA) is 9.23 Å². The molecule has 0 bridgehead atoms. The summed E-state index contributed by atoms with van der Waals surface area (Å²) in [5.41, 5.74) is 1.22. The van der Waals surface area contributed by atoms with Gasteiger partial charge in [0, 0.05) is 5.33 Å². The zero-order valence-electron chi connectivity index (χ0n) is 6.36. The molecule has 0 heterocycles. The summed E-state index contributed by atoms with van der Waals surface area (Å²) in [5, 5.41) is 0.966. The SMILES string of the molecule is COc1c#ccc(CCBr)c1. The van der Waals surface area contributed by atoms with Crippen LogP contribution in [0.1, 0.15) is 5.56 Å². The molecule has 2 heteroatoms. The minimum Gasteiger partial charge on any atom is -0.489 e. The van der Waals surface area contributed by atoms with Crippen LogP contribution < -0.4 is 4.74 Å². The van der Waals surface area contributed by atoms with Gasteiger partial charge in [0.1, 0.15) is 0 Å². The van der Waals surface area contributed by atoms with E-state index in [1.54, 1.807) is 7.11 Å². The van der Waals surface area contributed by atoms with Crippen LogP contribution in [-0.4, -0.2) is 12.4 Å². The molecule has 0 aromatic heterocycles. The smallest absolute Gasteiger partial charge is 0.170 e. The van der Waals surface area contributed by atoms with E-state index in [1.807, 2.05) is 12.1 Å². The van der Waals surface area contributed by atoms with Crippen molar-refractivity contribution in [1.82, 2.24) is 0 Å². The van der Waals surface area contributed by atoms with Gasteiger partial charge in [0.2, 0.25) is 0 Å². The lowest BCUT2D eigenvalue weighted by atomic mass is 10.2. The van der Waals surface area contributed by atoms with Gasteiger partial charge in [-0.3, -0.25) is 0 Å². The molecule has 0 spiro atoms. The Morgan fingerprint density at radius 2 is 2.45 bits per heavy atom. The van der Waals surface area contributed by atoms with Crippen LogP contribution in [0.4, 0.5) is 0 Å². The van der Waals surface area contributed by atoms with Crippen molar-refractivity contribution in [3.05, 3.63) is 29.8 Å². The second-order valence-electron chi connectivity index (χ2n) is 2.14. The molecule has 0 aliphatic rings. The average Bonchev–Trinajstić information content (AvgIpc) is 2.06. The molecular formula is C9H9BrO. The van der Waals surface area contributed by atoms with Gasteiger partial charge in [-0.15, -0.1) is 0 Å². The summed E-state index contributed by atoms with van der Waals surface area (Å²) in [7, 11) is 1.64. The molecule has 0 aliphatic carbocycles. The first-order chi connectivity index (χ1) is 5.36. The molecule has 0 fully saturated rings. The molecule has 0 amide bonds. The number of hydrogen-bond acceptors (Lipinski definition) is 1. The van der Waals surface area contributed by atoms with Gasteiger partial charge in [0.25, 0.3) is 0 Å². The summed E-state index contributed by atoms with van der Waals surface area (Å²) < 4.78 is 5.00. The number of rotatable bonds is 3. The van der Waals surface area contributed by atoms with E-state index in [4.69, 9.17) is 4.74 Å². The van der Waals surface area contributed by atoms with Crippen molar-refractivity contribution in [3.63, 3.8) is 0 Å². The Hall–Kier alpha value is -0.680. The van der Waals surface area contributed by atoms with Crippen LogP contribution >= 0.6 is 15.9 Å². The highest BCUT2D eigenvalue weighted by Crippen LogP contribution is 2.09. The lowest BCUT2D eigenvalue weighted by Crippen LogP contribution is -1.86. The van der Waals surface area contributed by atoms with Crippen molar-refractivity contribution in [2.75, 3.05) is 12.4 Å². The van der Waals surface area contributed by atoms with Crippen LogP contribution in [0.15, 0.2) is 12.1 Å². The molecule has 1 rings (SSSR count). The Kier molecular flexibility index (Phi) is 3.25. The number of halogens is 1. The van der Waals surface area contributed by atoms with Crippen LogP contribution in [0.2, 0.25) is 0 Å². The van der Waals surface area contributed by atoms with E-state index < -0.39 is 0 Å². The maximum Gasteiger partial charge on any atom is 0.170 e. The Morgan fingerprint density at radius 3 is 3.09 bits per heavy atom. The van der Waals surface area contributed by atoms with Crippen LogP contribution in [0.3, 0.4) is 0 Å². The monoisotopic (exact) mass is 212 g/mol. The summed E-state index contributed by atoms with van der Waals surface area (Å²) >= 11 is 3.37. The molecule has 0 N–H and O–H groups in total. The highest BCUT2D eigenvalue weighted by atomic mass is 79.9. The van der Waals surface area contributed by atoms with Gasteiger partial charge < -0.3 is 4.74 Å². The number of hydrogen-bond donors (Lipinski definition) is 0. The van der Waals surface area contributed by atoms with Gasteiger partial charge in [0.15, 0.2) is 5.75 Å². The second-order valence-corrected chi connectivity index (χ2v) is 2.93. The van der Waals surface area contributed by atoms with Crippen molar-refractivity contribution >= 4 is 15.9 Å². The van der Waals surface area contributed by atoms with Gasteiger partial charge in [0.05, 0.1) is 7.11 Å². The third kappa shape index (κ3) is 2.44. The van der Waals surface area contributed by atoms with E-state index in [9.17, 15) is 0 Å². The molecule has 0 saturated heterocycles. The molecule has 0 radical (unpaired) electrons. The van der Waals surface area contributed by atoms with Crippen molar-refractivity contribution in [2.24, 2.45) is 0 Å². The van der Waals surface area contributed by atoms with Crippen LogP contribution in [-0.2, 0) is 6.42 Å². The summed E-state index contributed by atoms with van der Waals surface area (Å²) in [4.78, 5) is 0. The maximum atomic E-state index is 5.00. The highest BCUT2D eigenvalue weighted by Gasteiger charge is 1.92. The average molecular weight is 213 g/mol. The summed E-state index contributed by atoms with van der Waals surface area (Å²) in [5.74, 6) is 0.753. The van der Waals surface area contributed by atoms with Gasteiger partial charge >= 0.3 is 0 Å². The predicted octanol–water partition coefficient (Wildman–Crippen LogP) is 2.23. The van der Waals surface area contributed by atoms with Crippen molar-refractivity contribution in [3.8, 4) is 5.75 Å². The summed E-state index contributed by atoms with van der Waals surface area (Å²) in [6.45, 7) is 0. The molecule has 0 unspecified atom stereocenters. The molecule has 1 aromatic rings. The fraction of sp³-hybridized carbons (Fsp3) is 0.333. The fourth-order valence-electron chi connectivity index (χ4n) is 0.809. The standard InChI is InChI=1S/C9H9BrO/c1-11-9-4-2-3-8(7-9)5-6-10/h3,7H,5-6H2,1H3. The van der Waals surface area contributed by atoms with E-state index in [1.165, 1.54) is 5.56 Å². The normalized spacial score (nSPS) is 8.91. The molecule has 58 valence electrons. The molecule has 1 nitrogen and oxygen atoms in total. The Morgan fingerprint density at radius 1 is 1.64 bits per heavy atom. The maximum absolute atomic E-state index is 5.00. The minimum atomic E-state index is 0.753. The van der Waals surface area contributed by atoms with Gasteiger partial charge in [-0.1, -0.05) is 22.0 Å². The van der Waals surface area contributed by atoms with E-state index in [2.05, 4.69) is 28.1 Å². The first-order valence-electron chi connectivity index (χ1n) is 3.39. The Balaban J connectivity index is 2.74. The zero-order valence-corrected chi connectivity index (χ0v) is 7.94. The van der Waals surface area contributed by atoms with E-state index >= 15 is 0 Å². The van der Waals surface area contributed by atoms with Gasteiger partial charge in [-0.25, -0.2) is 0 Å². The molecule has 11 heavy (non-hydrogen) atoms. The lowest BCUT2D eigenvalue weighted by Gasteiger charge is -1.97. The van der Waals surface area contributed by atoms with Crippen molar-refractivity contribution in [1.29, 1.82) is 0 Å². The molecular weight excluding hydrogens is 204 g/mol. The lowest BCUT2D eigenvalue weighted by molar-refractivity contribution is 0.414. The van der Waals surface area contributed by atoms with E-state index in [0.29, 0.717) is 0 Å². The fourth-order valence-corrected chi connectivity index (χ4v) is 1.27. The predicted molar refractivity (Wildman–Crippen MR) is 48.2 cm³/mol. The number of aryl methyl sites for hydroxylation is 1. The quantitative estimate of drug-likeness (QED) is 0.699. The highest BCUT2D eigenvalue weighted by molar-refractivity contribution is 9.09. The van der Waals surface area contributed by atoms with Gasteiger partial charge in [-0.05, 0) is 30.2 Å². The molecule has 0 aliphatic heterocycles. The van der Waals surface area contributed by atoms with Crippen LogP contribution in [0.5, 0.6) is 5.75 Å². The van der Waals surface area contributed by atoms with Crippen LogP contribution in [0, 0.1) is 12.1 Å². The van der Waals surface area contributed by atoms with Crippen molar-refractivity contribution in [2.45, 2.75) is 6.42 Å². The van der Waals surface area contributed by atoms with Crippen LogP contribution in [0.25, 0.3) is 0 Å². The third-order valence-corrected chi connectivity index (χ3v) is 1.77. The Bertz CT molecular complexity index is 223. The summed E-state index contributed by atoms with van der Waals surface area (Å²) in [6, 6.07) is 9.64. The Labute approximate surface area is 75.5 Å². The largest absolute Gasteiger partial charge is 0.489 e. The third-order valence-electron chi connectivity index (χ3n) is 1.37. The molecule has 0 saturated carbocycles. The first-order valence-corrected chi connectivity index (χ1v) is 4.51. The second kappa shape index (κ2) is 4.25. The minimum absolute atomic E-state index is 0.753.